The third-order valence-corrected chi connectivity index (χ3v) is 4.31. The zero-order valence-corrected chi connectivity index (χ0v) is 13.9. The standard InChI is InChI=1S/C17H16BrClO/c1-3-11-5-6-12(4-2)14(9-11)17(20)15-10-13(19)7-8-16(15)18/h5-10H,3-4H2,1-2H3. The van der Waals surface area contributed by atoms with Crippen molar-refractivity contribution in [3.8, 4) is 0 Å². The summed E-state index contributed by atoms with van der Waals surface area (Å²) in [7, 11) is 0. The molecule has 20 heavy (non-hydrogen) atoms. The highest BCUT2D eigenvalue weighted by molar-refractivity contribution is 9.10. The summed E-state index contributed by atoms with van der Waals surface area (Å²) in [5.74, 6) is 0.0199. The van der Waals surface area contributed by atoms with Gasteiger partial charge in [-0.2, -0.15) is 0 Å². The number of carbonyl (C=O) groups excluding carboxylic acids is 1. The van der Waals surface area contributed by atoms with Crippen LogP contribution in [0, 0.1) is 0 Å². The minimum absolute atomic E-state index is 0.0199. The minimum Gasteiger partial charge on any atom is -0.289 e. The Labute approximate surface area is 133 Å². The second-order valence-electron chi connectivity index (χ2n) is 4.65. The van der Waals surface area contributed by atoms with E-state index in [1.165, 1.54) is 5.56 Å². The molecular weight excluding hydrogens is 336 g/mol. The lowest BCUT2D eigenvalue weighted by atomic mass is 9.94. The zero-order valence-electron chi connectivity index (χ0n) is 11.5. The van der Waals surface area contributed by atoms with Crippen LogP contribution in [0.4, 0.5) is 0 Å². The van der Waals surface area contributed by atoms with Gasteiger partial charge in [-0.3, -0.25) is 4.79 Å². The Hall–Kier alpha value is -1.12. The van der Waals surface area contributed by atoms with Crippen LogP contribution in [0.3, 0.4) is 0 Å². The van der Waals surface area contributed by atoms with Crippen molar-refractivity contribution in [1.29, 1.82) is 0 Å². The predicted octanol–water partition coefficient (Wildman–Crippen LogP) is 5.46. The highest BCUT2D eigenvalue weighted by Gasteiger charge is 2.16. The van der Waals surface area contributed by atoms with E-state index < -0.39 is 0 Å². The first-order chi connectivity index (χ1) is 9.56. The van der Waals surface area contributed by atoms with Gasteiger partial charge in [-0.15, -0.1) is 0 Å². The average molecular weight is 352 g/mol. The fourth-order valence-electron chi connectivity index (χ4n) is 2.18. The van der Waals surface area contributed by atoms with Crippen LogP contribution >= 0.6 is 27.5 Å². The van der Waals surface area contributed by atoms with Crippen molar-refractivity contribution in [2.24, 2.45) is 0 Å². The van der Waals surface area contributed by atoms with Crippen molar-refractivity contribution in [3.63, 3.8) is 0 Å². The van der Waals surface area contributed by atoms with Crippen LogP contribution in [0.15, 0.2) is 40.9 Å². The summed E-state index contributed by atoms with van der Waals surface area (Å²) in [5, 5.41) is 0.571. The van der Waals surface area contributed by atoms with E-state index in [0.717, 1.165) is 28.4 Å². The van der Waals surface area contributed by atoms with Crippen molar-refractivity contribution in [3.05, 3.63) is 68.1 Å². The van der Waals surface area contributed by atoms with Gasteiger partial charge in [0.1, 0.15) is 0 Å². The number of aryl methyl sites for hydroxylation is 2. The van der Waals surface area contributed by atoms with Gasteiger partial charge >= 0.3 is 0 Å². The third kappa shape index (κ3) is 3.13. The maximum atomic E-state index is 12.8. The number of halogens is 2. The number of hydrogen-bond donors (Lipinski definition) is 0. The summed E-state index contributed by atoms with van der Waals surface area (Å²) in [6.07, 6.45) is 1.75. The molecule has 0 atom stereocenters. The monoisotopic (exact) mass is 350 g/mol. The van der Waals surface area contributed by atoms with Gasteiger partial charge in [-0.05, 0) is 48.2 Å². The van der Waals surface area contributed by atoms with Gasteiger partial charge in [0.15, 0.2) is 5.78 Å². The molecule has 0 aliphatic heterocycles. The lowest BCUT2D eigenvalue weighted by molar-refractivity contribution is 0.103. The SMILES string of the molecule is CCc1ccc(CC)c(C(=O)c2cc(Cl)ccc2Br)c1. The van der Waals surface area contributed by atoms with Crippen LogP contribution in [-0.4, -0.2) is 5.78 Å². The lowest BCUT2D eigenvalue weighted by Crippen LogP contribution is -2.07. The molecule has 0 saturated heterocycles. The molecule has 0 aliphatic rings. The predicted molar refractivity (Wildman–Crippen MR) is 87.8 cm³/mol. The molecule has 0 aromatic heterocycles. The largest absolute Gasteiger partial charge is 0.289 e. The molecule has 104 valence electrons. The van der Waals surface area contributed by atoms with Gasteiger partial charge in [0.05, 0.1) is 0 Å². The summed E-state index contributed by atoms with van der Waals surface area (Å²) in [4.78, 5) is 12.8. The number of ketones is 1. The maximum absolute atomic E-state index is 12.8. The van der Waals surface area contributed by atoms with E-state index in [-0.39, 0.29) is 5.78 Å². The van der Waals surface area contributed by atoms with Crippen molar-refractivity contribution < 1.29 is 4.79 Å². The van der Waals surface area contributed by atoms with Gasteiger partial charge in [-0.1, -0.05) is 53.5 Å². The zero-order chi connectivity index (χ0) is 14.7. The van der Waals surface area contributed by atoms with Crippen LogP contribution in [0.1, 0.15) is 40.9 Å². The van der Waals surface area contributed by atoms with Crippen LogP contribution in [-0.2, 0) is 12.8 Å². The molecule has 2 rings (SSSR count). The van der Waals surface area contributed by atoms with Crippen molar-refractivity contribution in [2.75, 3.05) is 0 Å². The van der Waals surface area contributed by atoms with Crippen molar-refractivity contribution in [1.82, 2.24) is 0 Å². The third-order valence-electron chi connectivity index (χ3n) is 3.38. The first kappa shape index (κ1) is 15.3. The molecule has 0 amide bonds. The summed E-state index contributed by atoms with van der Waals surface area (Å²) in [5.41, 5.74) is 3.62. The molecule has 3 heteroatoms. The van der Waals surface area contributed by atoms with Crippen LogP contribution in [0.25, 0.3) is 0 Å². The normalized spacial score (nSPS) is 10.6. The molecule has 2 aromatic carbocycles. The van der Waals surface area contributed by atoms with E-state index in [1.54, 1.807) is 12.1 Å². The summed E-state index contributed by atoms with van der Waals surface area (Å²) < 4.78 is 0.774. The fraction of sp³-hybridized carbons (Fsp3) is 0.235. The van der Waals surface area contributed by atoms with E-state index in [2.05, 4.69) is 35.8 Å². The van der Waals surface area contributed by atoms with Gasteiger partial charge < -0.3 is 0 Å². The summed E-state index contributed by atoms with van der Waals surface area (Å²) in [6, 6.07) is 11.4. The van der Waals surface area contributed by atoms with Gasteiger partial charge in [-0.25, -0.2) is 0 Å². The Kier molecular flexibility index (Phi) is 5.00. The van der Waals surface area contributed by atoms with E-state index in [0.29, 0.717) is 10.6 Å². The summed E-state index contributed by atoms with van der Waals surface area (Å²) in [6.45, 7) is 4.15. The maximum Gasteiger partial charge on any atom is 0.194 e. The Bertz CT molecular complexity index is 649. The number of rotatable bonds is 4. The number of benzene rings is 2. The topological polar surface area (TPSA) is 17.1 Å². The molecule has 0 saturated carbocycles. The van der Waals surface area contributed by atoms with Crippen LogP contribution in [0.2, 0.25) is 5.02 Å². The Balaban J connectivity index is 2.54. The molecule has 1 nitrogen and oxygen atoms in total. The van der Waals surface area contributed by atoms with E-state index in [4.69, 9.17) is 11.6 Å². The van der Waals surface area contributed by atoms with Crippen molar-refractivity contribution in [2.45, 2.75) is 26.7 Å². The van der Waals surface area contributed by atoms with Crippen molar-refractivity contribution >= 4 is 33.3 Å². The molecular formula is C17H16BrClO. The van der Waals surface area contributed by atoms with E-state index >= 15 is 0 Å². The highest BCUT2D eigenvalue weighted by Crippen LogP contribution is 2.26. The van der Waals surface area contributed by atoms with Gasteiger partial charge in [0.2, 0.25) is 0 Å². The molecule has 0 unspecified atom stereocenters. The van der Waals surface area contributed by atoms with Crippen LogP contribution < -0.4 is 0 Å². The highest BCUT2D eigenvalue weighted by atomic mass is 79.9. The molecule has 0 radical (unpaired) electrons. The van der Waals surface area contributed by atoms with E-state index in [9.17, 15) is 4.79 Å². The molecule has 0 N–H and O–H groups in total. The molecule has 0 heterocycles. The second kappa shape index (κ2) is 6.55. The summed E-state index contributed by atoms with van der Waals surface area (Å²) >= 11 is 9.44. The quantitative estimate of drug-likeness (QED) is 0.669. The van der Waals surface area contributed by atoms with Gasteiger partial charge in [0, 0.05) is 20.6 Å². The molecule has 0 aliphatic carbocycles. The molecule has 2 aromatic rings. The van der Waals surface area contributed by atoms with Crippen LogP contribution in [0.5, 0.6) is 0 Å². The molecule has 0 fully saturated rings. The average Bonchev–Trinajstić information content (AvgIpc) is 2.48. The minimum atomic E-state index is 0.0199. The second-order valence-corrected chi connectivity index (χ2v) is 5.94. The first-order valence-electron chi connectivity index (χ1n) is 6.68. The first-order valence-corrected chi connectivity index (χ1v) is 7.85. The number of hydrogen-bond acceptors (Lipinski definition) is 1. The van der Waals surface area contributed by atoms with Gasteiger partial charge in [0.25, 0.3) is 0 Å². The fourth-order valence-corrected chi connectivity index (χ4v) is 2.78. The Morgan fingerprint density at radius 2 is 1.80 bits per heavy atom. The molecule has 0 bridgehead atoms. The van der Waals surface area contributed by atoms with E-state index in [1.807, 2.05) is 18.2 Å². The smallest absolute Gasteiger partial charge is 0.194 e. The Morgan fingerprint density at radius 3 is 2.45 bits per heavy atom. The number of carbonyl (C=O) groups is 1. The lowest BCUT2D eigenvalue weighted by Gasteiger charge is -2.10. The Morgan fingerprint density at radius 1 is 1.05 bits per heavy atom. The molecule has 0 spiro atoms.